The smallest absolute Gasteiger partial charge is 0.225 e. The van der Waals surface area contributed by atoms with Crippen molar-refractivity contribution in [2.45, 2.75) is 39.0 Å². The molecule has 0 radical (unpaired) electrons. The van der Waals surface area contributed by atoms with E-state index in [2.05, 4.69) is 11.4 Å². The molecule has 1 aromatic carbocycles. The van der Waals surface area contributed by atoms with Gasteiger partial charge in [0.2, 0.25) is 5.91 Å². The number of nitrogens with one attached hydrogen (secondary N) is 1. The predicted molar refractivity (Wildman–Crippen MR) is 74.8 cm³/mol. The molecule has 1 aliphatic rings. The van der Waals surface area contributed by atoms with Crippen LogP contribution in [-0.2, 0) is 10.2 Å². The summed E-state index contributed by atoms with van der Waals surface area (Å²) in [5.41, 5.74) is 1.03. The highest BCUT2D eigenvalue weighted by atomic mass is 35.5. The largest absolute Gasteiger partial charge is 0.355 e. The quantitative estimate of drug-likeness (QED) is 0.890. The topological polar surface area (TPSA) is 29.1 Å². The lowest BCUT2D eigenvalue weighted by Gasteiger charge is -2.22. The van der Waals surface area contributed by atoms with Gasteiger partial charge in [-0.3, -0.25) is 4.79 Å². The Bertz CT molecular complexity index is 458. The zero-order valence-electron chi connectivity index (χ0n) is 11.2. The van der Waals surface area contributed by atoms with Crippen LogP contribution in [0.2, 0.25) is 5.02 Å². The van der Waals surface area contributed by atoms with Crippen LogP contribution in [0.15, 0.2) is 24.3 Å². The number of amides is 1. The summed E-state index contributed by atoms with van der Waals surface area (Å²) >= 11 is 6.03. The molecule has 0 saturated heterocycles. The second kappa shape index (κ2) is 4.58. The molecule has 3 heteroatoms. The fourth-order valence-corrected chi connectivity index (χ4v) is 2.24. The van der Waals surface area contributed by atoms with Crippen molar-refractivity contribution in [1.82, 2.24) is 5.32 Å². The van der Waals surface area contributed by atoms with Gasteiger partial charge in [0.1, 0.15) is 0 Å². The molecule has 1 fully saturated rings. The highest BCUT2D eigenvalue weighted by Gasteiger charge is 2.44. The molecule has 1 N–H and O–H groups in total. The molecular weight excluding hydrogens is 246 g/mol. The minimum atomic E-state index is -0.329. The van der Waals surface area contributed by atoms with Crippen LogP contribution in [-0.4, -0.2) is 12.5 Å². The van der Waals surface area contributed by atoms with E-state index in [1.807, 2.05) is 39.0 Å². The summed E-state index contributed by atoms with van der Waals surface area (Å²) < 4.78 is 0. The summed E-state index contributed by atoms with van der Waals surface area (Å²) in [4.78, 5) is 11.9. The van der Waals surface area contributed by atoms with Crippen molar-refractivity contribution in [3.05, 3.63) is 34.9 Å². The van der Waals surface area contributed by atoms with Crippen LogP contribution in [0.25, 0.3) is 0 Å². The number of carbonyl (C=O) groups is 1. The van der Waals surface area contributed by atoms with Crippen LogP contribution in [0.4, 0.5) is 0 Å². The van der Waals surface area contributed by atoms with E-state index in [-0.39, 0.29) is 16.7 Å². The number of halogens is 1. The molecule has 0 atom stereocenters. The maximum Gasteiger partial charge on any atom is 0.225 e. The molecule has 18 heavy (non-hydrogen) atoms. The van der Waals surface area contributed by atoms with Gasteiger partial charge in [0, 0.05) is 22.4 Å². The molecule has 1 aromatic rings. The molecule has 98 valence electrons. The Morgan fingerprint density at radius 2 is 2.06 bits per heavy atom. The summed E-state index contributed by atoms with van der Waals surface area (Å²) in [7, 11) is 0. The summed E-state index contributed by atoms with van der Waals surface area (Å²) in [5, 5.41) is 3.83. The third kappa shape index (κ3) is 2.86. The summed E-state index contributed by atoms with van der Waals surface area (Å²) in [6.07, 6.45) is 2.25. The Balaban J connectivity index is 2.03. The van der Waals surface area contributed by atoms with Gasteiger partial charge in [0.05, 0.1) is 0 Å². The Hall–Kier alpha value is -1.02. The van der Waals surface area contributed by atoms with Crippen molar-refractivity contribution in [3.8, 4) is 0 Å². The molecule has 0 heterocycles. The Kier molecular flexibility index (Phi) is 3.41. The van der Waals surface area contributed by atoms with Gasteiger partial charge in [-0.15, -0.1) is 0 Å². The number of hydrogen-bond acceptors (Lipinski definition) is 1. The lowest BCUT2D eigenvalue weighted by atomic mass is 9.93. The second-order valence-electron chi connectivity index (χ2n) is 6.22. The first-order valence-electron chi connectivity index (χ1n) is 6.38. The van der Waals surface area contributed by atoms with Crippen molar-refractivity contribution < 1.29 is 4.79 Å². The normalized spacial score (nSPS) is 17.3. The molecule has 0 spiro atoms. The van der Waals surface area contributed by atoms with Crippen LogP contribution in [0.5, 0.6) is 0 Å². The number of carbonyl (C=O) groups excluding carboxylic acids is 1. The molecule has 2 nitrogen and oxygen atoms in total. The zero-order valence-corrected chi connectivity index (χ0v) is 12.0. The van der Waals surface area contributed by atoms with Gasteiger partial charge < -0.3 is 5.32 Å². The summed E-state index contributed by atoms with van der Waals surface area (Å²) in [6.45, 7) is 6.51. The molecule has 0 aliphatic heterocycles. The Morgan fingerprint density at radius 3 is 2.56 bits per heavy atom. The van der Waals surface area contributed by atoms with E-state index in [4.69, 9.17) is 11.6 Å². The molecule has 1 saturated carbocycles. The summed E-state index contributed by atoms with van der Waals surface area (Å²) in [5.74, 6) is 0.107. The van der Waals surface area contributed by atoms with Crippen LogP contribution in [0.1, 0.15) is 39.2 Å². The maximum absolute atomic E-state index is 11.9. The van der Waals surface area contributed by atoms with E-state index in [9.17, 15) is 4.79 Å². The minimum absolute atomic E-state index is 0.107. The third-order valence-electron chi connectivity index (χ3n) is 3.56. The van der Waals surface area contributed by atoms with Gasteiger partial charge in [0.15, 0.2) is 0 Å². The lowest BCUT2D eigenvalue weighted by molar-refractivity contribution is -0.128. The standard InChI is InChI=1S/C15H20ClNO/c1-14(2,3)13(18)17-10-15(7-8-15)11-5-4-6-12(16)9-11/h4-6,9H,7-8,10H2,1-3H3,(H,17,18). The van der Waals surface area contributed by atoms with Crippen LogP contribution in [0.3, 0.4) is 0 Å². The van der Waals surface area contributed by atoms with Crippen LogP contribution >= 0.6 is 11.6 Å². The number of hydrogen-bond donors (Lipinski definition) is 1. The first kappa shape index (κ1) is 13.4. The first-order valence-corrected chi connectivity index (χ1v) is 6.76. The molecule has 0 unspecified atom stereocenters. The molecule has 1 aliphatic carbocycles. The molecule has 0 bridgehead atoms. The maximum atomic E-state index is 11.9. The second-order valence-corrected chi connectivity index (χ2v) is 6.66. The number of rotatable bonds is 3. The molecule has 2 rings (SSSR count). The average molecular weight is 266 g/mol. The Labute approximate surface area is 114 Å². The summed E-state index contributed by atoms with van der Waals surface area (Å²) in [6, 6.07) is 7.97. The van der Waals surface area contributed by atoms with Gasteiger partial charge in [0.25, 0.3) is 0 Å². The molecule has 1 amide bonds. The van der Waals surface area contributed by atoms with E-state index < -0.39 is 0 Å². The van der Waals surface area contributed by atoms with Crippen molar-refractivity contribution in [2.75, 3.05) is 6.54 Å². The fourth-order valence-electron chi connectivity index (χ4n) is 2.05. The van der Waals surface area contributed by atoms with Crippen molar-refractivity contribution >= 4 is 17.5 Å². The van der Waals surface area contributed by atoms with Crippen LogP contribution in [0, 0.1) is 5.41 Å². The SMILES string of the molecule is CC(C)(C)C(=O)NCC1(c2cccc(Cl)c2)CC1. The monoisotopic (exact) mass is 265 g/mol. The van der Waals surface area contributed by atoms with E-state index in [1.54, 1.807) is 0 Å². The van der Waals surface area contributed by atoms with Gasteiger partial charge in [-0.2, -0.15) is 0 Å². The van der Waals surface area contributed by atoms with E-state index in [0.29, 0.717) is 6.54 Å². The molecular formula is C15H20ClNO. The van der Waals surface area contributed by atoms with Crippen molar-refractivity contribution in [3.63, 3.8) is 0 Å². The first-order chi connectivity index (χ1) is 8.33. The highest BCUT2D eigenvalue weighted by molar-refractivity contribution is 6.30. The van der Waals surface area contributed by atoms with E-state index >= 15 is 0 Å². The van der Waals surface area contributed by atoms with Crippen LogP contribution < -0.4 is 5.32 Å². The van der Waals surface area contributed by atoms with Crippen molar-refractivity contribution in [2.24, 2.45) is 5.41 Å². The van der Waals surface area contributed by atoms with Gasteiger partial charge in [-0.1, -0.05) is 44.5 Å². The minimum Gasteiger partial charge on any atom is -0.355 e. The lowest BCUT2D eigenvalue weighted by Crippen LogP contribution is -2.39. The predicted octanol–water partition coefficient (Wildman–Crippen LogP) is 3.53. The Morgan fingerprint density at radius 1 is 1.39 bits per heavy atom. The average Bonchev–Trinajstić information content (AvgIpc) is 3.05. The van der Waals surface area contributed by atoms with Gasteiger partial charge in [-0.25, -0.2) is 0 Å². The zero-order chi connectivity index (χ0) is 13.4. The highest BCUT2D eigenvalue weighted by Crippen LogP contribution is 2.48. The fraction of sp³-hybridized carbons (Fsp3) is 0.533. The van der Waals surface area contributed by atoms with E-state index in [0.717, 1.165) is 17.9 Å². The van der Waals surface area contributed by atoms with E-state index in [1.165, 1.54) is 5.56 Å². The van der Waals surface area contributed by atoms with Crippen molar-refractivity contribution in [1.29, 1.82) is 0 Å². The molecule has 0 aromatic heterocycles. The third-order valence-corrected chi connectivity index (χ3v) is 3.79. The van der Waals surface area contributed by atoms with Gasteiger partial charge in [-0.05, 0) is 30.5 Å². The number of benzene rings is 1. The van der Waals surface area contributed by atoms with Gasteiger partial charge >= 0.3 is 0 Å².